The molecule has 0 spiro atoms. The van der Waals surface area contributed by atoms with E-state index in [0.29, 0.717) is 29.4 Å². The van der Waals surface area contributed by atoms with Crippen LogP contribution < -0.4 is 10.6 Å². The molecule has 3 heterocycles. The van der Waals surface area contributed by atoms with Crippen molar-refractivity contribution in [1.29, 1.82) is 0 Å². The lowest BCUT2D eigenvalue weighted by Gasteiger charge is -2.33. The Morgan fingerprint density at radius 3 is 2.48 bits per heavy atom. The summed E-state index contributed by atoms with van der Waals surface area (Å²) in [5, 5.41) is 5.74. The highest BCUT2D eigenvalue weighted by Crippen LogP contribution is 2.49. The third-order valence-electron chi connectivity index (χ3n) is 6.78. The zero-order chi connectivity index (χ0) is 18.7. The lowest BCUT2D eigenvalue weighted by Crippen LogP contribution is -2.52. The molecular formula is C20H22FN3O3. The summed E-state index contributed by atoms with van der Waals surface area (Å²) in [6.07, 6.45) is 2.70. The SMILES string of the molecule is O=C1CCC(N2Cc3c(ccc(F)c3C3[C@@H]4CC[C@H]3CNC4)C2=O)C(=O)N1. The van der Waals surface area contributed by atoms with Gasteiger partial charge in [-0.1, -0.05) is 0 Å². The molecule has 2 bridgehead atoms. The molecule has 2 unspecified atom stereocenters. The van der Waals surface area contributed by atoms with E-state index in [1.54, 1.807) is 6.07 Å². The Kier molecular flexibility index (Phi) is 3.82. The van der Waals surface area contributed by atoms with E-state index in [9.17, 15) is 18.8 Å². The second kappa shape index (κ2) is 6.12. The summed E-state index contributed by atoms with van der Waals surface area (Å²) in [7, 11) is 0. The topological polar surface area (TPSA) is 78.5 Å². The molecule has 3 amide bonds. The van der Waals surface area contributed by atoms with Crippen LogP contribution in [0.4, 0.5) is 4.39 Å². The molecule has 3 fully saturated rings. The Morgan fingerprint density at radius 2 is 1.78 bits per heavy atom. The molecule has 7 heteroatoms. The fourth-order valence-corrected chi connectivity index (χ4v) is 5.55. The van der Waals surface area contributed by atoms with Gasteiger partial charge in [-0.25, -0.2) is 4.39 Å². The van der Waals surface area contributed by atoms with Crippen LogP contribution in [0.25, 0.3) is 0 Å². The lowest BCUT2D eigenvalue weighted by atomic mass is 9.78. The molecule has 1 saturated carbocycles. The Balaban J connectivity index is 1.52. The Labute approximate surface area is 156 Å². The van der Waals surface area contributed by atoms with E-state index in [1.165, 1.54) is 11.0 Å². The van der Waals surface area contributed by atoms with Crippen molar-refractivity contribution in [1.82, 2.24) is 15.5 Å². The molecule has 4 atom stereocenters. The minimum absolute atomic E-state index is 0.135. The smallest absolute Gasteiger partial charge is 0.255 e. The van der Waals surface area contributed by atoms with Gasteiger partial charge in [-0.05, 0) is 73.4 Å². The average molecular weight is 371 g/mol. The van der Waals surface area contributed by atoms with Crippen LogP contribution in [-0.4, -0.2) is 41.8 Å². The molecule has 5 rings (SSSR count). The molecule has 4 aliphatic rings. The van der Waals surface area contributed by atoms with Crippen LogP contribution in [0.2, 0.25) is 0 Å². The van der Waals surface area contributed by atoms with Crippen molar-refractivity contribution in [2.75, 3.05) is 13.1 Å². The predicted molar refractivity (Wildman–Crippen MR) is 94.3 cm³/mol. The Bertz CT molecular complexity index is 839. The van der Waals surface area contributed by atoms with Crippen molar-refractivity contribution >= 4 is 17.7 Å². The van der Waals surface area contributed by atoms with E-state index in [2.05, 4.69) is 10.6 Å². The van der Waals surface area contributed by atoms with Crippen LogP contribution in [0.3, 0.4) is 0 Å². The number of benzene rings is 1. The van der Waals surface area contributed by atoms with Crippen LogP contribution in [0, 0.1) is 17.7 Å². The third-order valence-corrected chi connectivity index (χ3v) is 6.78. The van der Waals surface area contributed by atoms with Crippen molar-refractivity contribution in [2.24, 2.45) is 11.8 Å². The first-order chi connectivity index (χ1) is 13.0. The van der Waals surface area contributed by atoms with Gasteiger partial charge in [0.1, 0.15) is 11.9 Å². The maximum Gasteiger partial charge on any atom is 0.255 e. The van der Waals surface area contributed by atoms with Crippen molar-refractivity contribution in [2.45, 2.75) is 44.2 Å². The second-order valence-electron chi connectivity index (χ2n) is 8.17. The first-order valence-electron chi connectivity index (χ1n) is 9.71. The van der Waals surface area contributed by atoms with Crippen LogP contribution in [0.5, 0.6) is 0 Å². The molecule has 1 aliphatic carbocycles. The summed E-state index contributed by atoms with van der Waals surface area (Å²) in [6.45, 7) is 2.01. The summed E-state index contributed by atoms with van der Waals surface area (Å²) in [4.78, 5) is 38.2. The molecule has 0 radical (unpaired) electrons. The molecule has 6 nitrogen and oxygen atoms in total. The van der Waals surface area contributed by atoms with Gasteiger partial charge in [-0.15, -0.1) is 0 Å². The zero-order valence-corrected chi connectivity index (χ0v) is 15.0. The summed E-state index contributed by atoms with van der Waals surface area (Å²) in [5.41, 5.74) is 1.94. The van der Waals surface area contributed by atoms with Gasteiger partial charge >= 0.3 is 0 Å². The largest absolute Gasteiger partial charge is 0.322 e. The van der Waals surface area contributed by atoms with Crippen LogP contribution in [0.1, 0.15) is 53.1 Å². The van der Waals surface area contributed by atoms with E-state index in [0.717, 1.165) is 31.5 Å². The van der Waals surface area contributed by atoms with Crippen LogP contribution in [-0.2, 0) is 16.1 Å². The van der Waals surface area contributed by atoms with Gasteiger partial charge in [0.05, 0.1) is 0 Å². The first-order valence-corrected chi connectivity index (χ1v) is 9.71. The van der Waals surface area contributed by atoms with E-state index in [1.807, 2.05) is 0 Å². The molecule has 1 aromatic rings. The summed E-state index contributed by atoms with van der Waals surface area (Å²) in [6, 6.07) is 2.29. The van der Waals surface area contributed by atoms with Crippen LogP contribution in [0.15, 0.2) is 12.1 Å². The summed E-state index contributed by atoms with van der Waals surface area (Å²) < 4.78 is 15.0. The standard InChI is InChI=1S/C20H22FN3O3/c21-14-4-3-12-13(18(14)17-10-1-2-11(17)8-22-7-10)9-24(20(12)27)15-5-6-16(25)23-19(15)26/h3-4,10-11,15,17,22H,1-2,5-9H2,(H,23,25,26)/t10-,11+,15?,17?. The third kappa shape index (κ3) is 2.51. The molecule has 27 heavy (non-hydrogen) atoms. The first kappa shape index (κ1) is 16.9. The fraction of sp³-hybridized carbons (Fsp3) is 0.550. The highest BCUT2D eigenvalue weighted by atomic mass is 19.1. The van der Waals surface area contributed by atoms with E-state index >= 15 is 0 Å². The molecule has 3 aliphatic heterocycles. The van der Waals surface area contributed by atoms with Crippen molar-refractivity contribution in [3.05, 3.63) is 34.6 Å². The number of imide groups is 1. The molecule has 2 saturated heterocycles. The van der Waals surface area contributed by atoms with Crippen molar-refractivity contribution in [3.63, 3.8) is 0 Å². The summed E-state index contributed by atoms with van der Waals surface area (Å²) in [5.74, 6) is -0.294. The summed E-state index contributed by atoms with van der Waals surface area (Å²) >= 11 is 0. The number of carbonyl (C=O) groups excluding carboxylic acids is 3. The average Bonchev–Trinajstić information content (AvgIpc) is 3.07. The predicted octanol–water partition coefficient (Wildman–Crippen LogP) is 1.30. The quantitative estimate of drug-likeness (QED) is 0.768. The van der Waals surface area contributed by atoms with Gasteiger partial charge < -0.3 is 10.2 Å². The number of amides is 3. The minimum Gasteiger partial charge on any atom is -0.322 e. The highest BCUT2D eigenvalue weighted by molar-refractivity contribution is 6.05. The lowest BCUT2D eigenvalue weighted by molar-refractivity contribution is -0.136. The number of rotatable bonds is 2. The number of nitrogens with zero attached hydrogens (tertiary/aromatic N) is 1. The molecule has 1 aromatic carbocycles. The van der Waals surface area contributed by atoms with Gasteiger partial charge in [0.25, 0.3) is 5.91 Å². The molecule has 142 valence electrons. The number of carbonyl (C=O) groups is 3. The van der Waals surface area contributed by atoms with Crippen LogP contribution >= 0.6 is 0 Å². The monoisotopic (exact) mass is 371 g/mol. The Morgan fingerprint density at radius 1 is 1.04 bits per heavy atom. The minimum atomic E-state index is -0.664. The Hall–Kier alpha value is -2.28. The number of nitrogens with one attached hydrogen (secondary N) is 2. The zero-order valence-electron chi connectivity index (χ0n) is 15.0. The van der Waals surface area contributed by atoms with Gasteiger partial charge in [-0.2, -0.15) is 0 Å². The van der Waals surface area contributed by atoms with Gasteiger partial charge in [0, 0.05) is 18.5 Å². The van der Waals surface area contributed by atoms with Gasteiger partial charge in [-0.3, -0.25) is 19.7 Å². The van der Waals surface area contributed by atoms with E-state index < -0.39 is 11.9 Å². The number of piperidine rings is 2. The number of hydrogen-bond donors (Lipinski definition) is 2. The fourth-order valence-electron chi connectivity index (χ4n) is 5.55. The van der Waals surface area contributed by atoms with Gasteiger partial charge in [0.2, 0.25) is 11.8 Å². The maximum absolute atomic E-state index is 15.0. The molecule has 0 aromatic heterocycles. The van der Waals surface area contributed by atoms with Gasteiger partial charge in [0.15, 0.2) is 0 Å². The number of hydrogen-bond acceptors (Lipinski definition) is 4. The number of fused-ring (bicyclic) bond motifs is 3. The molecule has 2 N–H and O–H groups in total. The van der Waals surface area contributed by atoms with Crippen molar-refractivity contribution in [3.8, 4) is 0 Å². The second-order valence-corrected chi connectivity index (χ2v) is 8.17. The number of halogens is 1. The van der Waals surface area contributed by atoms with Crippen molar-refractivity contribution < 1.29 is 18.8 Å². The molecular weight excluding hydrogens is 349 g/mol. The van der Waals surface area contributed by atoms with E-state index in [4.69, 9.17) is 0 Å². The van der Waals surface area contributed by atoms with E-state index in [-0.39, 0.29) is 36.5 Å². The maximum atomic E-state index is 15.0. The normalized spacial score (nSPS) is 32.6. The highest BCUT2D eigenvalue weighted by Gasteiger charge is 2.46.